The van der Waals surface area contributed by atoms with E-state index in [2.05, 4.69) is 15.6 Å². The number of nitrogens with zero attached hydrogens (tertiary/aromatic N) is 1. The number of carbonyl (C=O) groups is 2. The standard InChI is InChI=1S/C15H16Cl3N3O2S/c1-3-7(2)19-15-21-14(23)12(24-15)6-13(22)20-11-5-9(17)8(16)4-10(11)18/h4-5,7,12H,3,6H2,1-2H3,(H,20,22)(H,19,21,23). The first kappa shape index (κ1) is 19.4. The van der Waals surface area contributed by atoms with Crippen LogP contribution in [0.25, 0.3) is 0 Å². The van der Waals surface area contributed by atoms with Crippen LogP contribution < -0.4 is 10.6 Å². The molecule has 2 atom stereocenters. The molecule has 1 aliphatic heterocycles. The van der Waals surface area contributed by atoms with Crippen LogP contribution in [-0.2, 0) is 9.59 Å². The molecule has 9 heteroatoms. The van der Waals surface area contributed by atoms with Crippen molar-refractivity contribution in [1.82, 2.24) is 5.32 Å². The molecule has 0 bridgehead atoms. The third kappa shape index (κ3) is 5.02. The van der Waals surface area contributed by atoms with Gasteiger partial charge in [-0.2, -0.15) is 0 Å². The molecule has 0 spiro atoms. The highest BCUT2D eigenvalue weighted by molar-refractivity contribution is 8.15. The van der Waals surface area contributed by atoms with Crippen LogP contribution >= 0.6 is 46.6 Å². The van der Waals surface area contributed by atoms with Crippen molar-refractivity contribution in [3.63, 3.8) is 0 Å². The molecule has 0 radical (unpaired) electrons. The Morgan fingerprint density at radius 2 is 2.00 bits per heavy atom. The highest BCUT2D eigenvalue weighted by atomic mass is 35.5. The summed E-state index contributed by atoms with van der Waals surface area (Å²) in [7, 11) is 0. The number of benzene rings is 1. The Kier molecular flexibility index (Phi) is 6.80. The number of carbonyl (C=O) groups excluding carboxylic acids is 2. The molecule has 0 aromatic heterocycles. The second-order valence-electron chi connectivity index (χ2n) is 5.29. The van der Waals surface area contributed by atoms with Gasteiger partial charge in [0.15, 0.2) is 5.17 Å². The molecule has 1 aliphatic rings. The molecule has 0 saturated carbocycles. The highest BCUT2D eigenvalue weighted by Gasteiger charge is 2.32. The molecular formula is C15H16Cl3N3O2S. The van der Waals surface area contributed by atoms with Crippen molar-refractivity contribution in [3.05, 3.63) is 27.2 Å². The van der Waals surface area contributed by atoms with Gasteiger partial charge in [-0.3, -0.25) is 14.6 Å². The van der Waals surface area contributed by atoms with Gasteiger partial charge < -0.3 is 10.6 Å². The SMILES string of the molecule is CCC(C)N=C1NC(=O)C(CC(=O)Nc2cc(Cl)c(Cl)cc2Cl)S1. The van der Waals surface area contributed by atoms with Gasteiger partial charge in [0.25, 0.3) is 0 Å². The van der Waals surface area contributed by atoms with E-state index in [1.807, 2.05) is 13.8 Å². The Labute approximate surface area is 159 Å². The van der Waals surface area contributed by atoms with Crippen molar-refractivity contribution in [2.24, 2.45) is 4.99 Å². The fraction of sp³-hybridized carbons (Fsp3) is 0.400. The van der Waals surface area contributed by atoms with Crippen LogP contribution in [0.4, 0.5) is 5.69 Å². The molecule has 1 aromatic carbocycles. The first-order chi connectivity index (χ1) is 11.3. The van der Waals surface area contributed by atoms with Gasteiger partial charge in [0.05, 0.1) is 20.8 Å². The summed E-state index contributed by atoms with van der Waals surface area (Å²) in [6.07, 6.45) is 0.882. The minimum absolute atomic E-state index is 0.00655. The number of hydrogen-bond donors (Lipinski definition) is 2. The molecule has 2 N–H and O–H groups in total. The second-order valence-corrected chi connectivity index (χ2v) is 7.70. The lowest BCUT2D eigenvalue weighted by molar-refractivity contribution is -0.122. The van der Waals surface area contributed by atoms with E-state index in [0.29, 0.717) is 15.9 Å². The Morgan fingerprint density at radius 1 is 1.33 bits per heavy atom. The minimum Gasteiger partial charge on any atom is -0.325 e. The van der Waals surface area contributed by atoms with E-state index < -0.39 is 5.25 Å². The zero-order valence-corrected chi connectivity index (χ0v) is 16.1. The van der Waals surface area contributed by atoms with Crippen molar-refractivity contribution >= 4 is 69.2 Å². The monoisotopic (exact) mass is 407 g/mol. The third-order valence-electron chi connectivity index (χ3n) is 3.36. The summed E-state index contributed by atoms with van der Waals surface area (Å²) >= 11 is 19.1. The average molecular weight is 409 g/mol. The van der Waals surface area contributed by atoms with Crippen LogP contribution in [0.3, 0.4) is 0 Å². The molecule has 1 saturated heterocycles. The molecule has 24 heavy (non-hydrogen) atoms. The third-order valence-corrected chi connectivity index (χ3v) is 5.49. The number of thioether (sulfide) groups is 1. The summed E-state index contributed by atoms with van der Waals surface area (Å²) in [6.45, 7) is 3.98. The van der Waals surface area contributed by atoms with Gasteiger partial charge in [0, 0.05) is 12.5 Å². The number of halogens is 3. The number of rotatable bonds is 5. The summed E-state index contributed by atoms with van der Waals surface area (Å²) in [5, 5.41) is 6.24. The Morgan fingerprint density at radius 3 is 2.67 bits per heavy atom. The Bertz CT molecular complexity index is 697. The number of hydrogen-bond acceptors (Lipinski definition) is 4. The molecule has 2 rings (SSSR count). The van der Waals surface area contributed by atoms with Gasteiger partial charge in [-0.1, -0.05) is 53.5 Å². The summed E-state index contributed by atoms with van der Waals surface area (Å²) in [4.78, 5) is 28.5. The summed E-state index contributed by atoms with van der Waals surface area (Å²) < 4.78 is 0. The molecule has 5 nitrogen and oxygen atoms in total. The van der Waals surface area contributed by atoms with Gasteiger partial charge in [0.1, 0.15) is 5.25 Å². The molecule has 2 amide bonds. The van der Waals surface area contributed by atoms with Gasteiger partial charge in [-0.05, 0) is 25.5 Å². The molecule has 2 unspecified atom stereocenters. The quantitative estimate of drug-likeness (QED) is 0.711. The van der Waals surface area contributed by atoms with Gasteiger partial charge in [0.2, 0.25) is 11.8 Å². The van der Waals surface area contributed by atoms with Gasteiger partial charge in [-0.25, -0.2) is 0 Å². The smallest absolute Gasteiger partial charge is 0.240 e. The van der Waals surface area contributed by atoms with Crippen molar-refractivity contribution in [2.45, 2.75) is 38.0 Å². The van der Waals surface area contributed by atoms with Gasteiger partial charge >= 0.3 is 0 Å². The number of aliphatic imine (C=N–C) groups is 1. The normalized spacial score (nSPS) is 20.1. The zero-order chi connectivity index (χ0) is 17.9. The van der Waals surface area contributed by atoms with Crippen molar-refractivity contribution in [2.75, 3.05) is 5.32 Å². The molecule has 1 heterocycles. The first-order valence-electron chi connectivity index (χ1n) is 7.29. The van der Waals surface area contributed by atoms with E-state index in [1.165, 1.54) is 23.9 Å². The summed E-state index contributed by atoms with van der Waals surface area (Å²) in [5.41, 5.74) is 0.355. The summed E-state index contributed by atoms with van der Waals surface area (Å²) in [6, 6.07) is 3.05. The summed E-state index contributed by atoms with van der Waals surface area (Å²) in [5.74, 6) is -0.565. The topological polar surface area (TPSA) is 70.6 Å². The molecule has 1 fully saturated rings. The van der Waals surface area contributed by atoms with Crippen LogP contribution in [0.2, 0.25) is 15.1 Å². The van der Waals surface area contributed by atoms with E-state index in [-0.39, 0.29) is 34.3 Å². The van der Waals surface area contributed by atoms with E-state index in [4.69, 9.17) is 34.8 Å². The first-order valence-corrected chi connectivity index (χ1v) is 9.31. The fourth-order valence-corrected chi connectivity index (χ4v) is 3.54. The predicted octanol–water partition coefficient (Wildman–Crippen LogP) is 4.36. The minimum atomic E-state index is -0.519. The maximum atomic E-state index is 12.2. The molecule has 1 aromatic rings. The highest BCUT2D eigenvalue weighted by Crippen LogP contribution is 2.32. The van der Waals surface area contributed by atoms with Crippen molar-refractivity contribution in [3.8, 4) is 0 Å². The van der Waals surface area contributed by atoms with Crippen molar-refractivity contribution in [1.29, 1.82) is 0 Å². The number of anilines is 1. The lowest BCUT2D eigenvalue weighted by Crippen LogP contribution is -2.28. The lowest BCUT2D eigenvalue weighted by Gasteiger charge is -2.10. The van der Waals surface area contributed by atoms with Crippen LogP contribution in [-0.4, -0.2) is 28.3 Å². The number of amides is 2. The fourth-order valence-electron chi connectivity index (χ4n) is 1.88. The largest absolute Gasteiger partial charge is 0.325 e. The number of nitrogens with one attached hydrogen (secondary N) is 2. The lowest BCUT2D eigenvalue weighted by atomic mass is 10.2. The van der Waals surface area contributed by atoms with Crippen LogP contribution in [0.15, 0.2) is 17.1 Å². The van der Waals surface area contributed by atoms with Crippen LogP contribution in [0.1, 0.15) is 26.7 Å². The molecular weight excluding hydrogens is 393 g/mol. The van der Waals surface area contributed by atoms with Crippen molar-refractivity contribution < 1.29 is 9.59 Å². The average Bonchev–Trinajstić information content (AvgIpc) is 2.84. The van der Waals surface area contributed by atoms with E-state index >= 15 is 0 Å². The van der Waals surface area contributed by atoms with E-state index in [9.17, 15) is 9.59 Å². The predicted molar refractivity (Wildman–Crippen MR) is 101 cm³/mol. The van der Waals surface area contributed by atoms with Crippen LogP contribution in [0, 0.1) is 0 Å². The Hall–Kier alpha value is -0.950. The van der Waals surface area contributed by atoms with E-state index in [1.54, 1.807) is 0 Å². The maximum Gasteiger partial charge on any atom is 0.240 e. The molecule has 130 valence electrons. The van der Waals surface area contributed by atoms with E-state index in [0.717, 1.165) is 6.42 Å². The molecule has 0 aliphatic carbocycles. The second kappa shape index (κ2) is 8.43. The van der Waals surface area contributed by atoms with Gasteiger partial charge in [-0.15, -0.1) is 0 Å². The zero-order valence-electron chi connectivity index (χ0n) is 13.0. The maximum absolute atomic E-state index is 12.2. The number of amidine groups is 1. The van der Waals surface area contributed by atoms with Crippen LogP contribution in [0.5, 0.6) is 0 Å². The Balaban J connectivity index is 1.99.